The van der Waals surface area contributed by atoms with E-state index in [0.29, 0.717) is 44.0 Å². The van der Waals surface area contributed by atoms with Gasteiger partial charge >= 0.3 is 5.97 Å². The molecule has 0 spiro atoms. The van der Waals surface area contributed by atoms with E-state index in [1.165, 1.54) is 7.11 Å². The van der Waals surface area contributed by atoms with E-state index in [4.69, 9.17) is 9.47 Å². The van der Waals surface area contributed by atoms with Crippen LogP contribution in [0.1, 0.15) is 22.5 Å². The van der Waals surface area contributed by atoms with E-state index >= 15 is 0 Å². The van der Waals surface area contributed by atoms with Crippen LogP contribution in [0.25, 0.3) is 0 Å². The number of methoxy groups -OCH3 is 1. The molecule has 0 amide bonds. The fraction of sp³-hybridized carbons (Fsp3) is 0.538. The van der Waals surface area contributed by atoms with E-state index in [1.807, 2.05) is 0 Å². The van der Waals surface area contributed by atoms with Crippen LogP contribution >= 0.6 is 0 Å². The average Bonchev–Trinajstić information content (AvgIpc) is 2.85. The van der Waals surface area contributed by atoms with Crippen LogP contribution in [0, 0.1) is 0 Å². The molecule has 1 aromatic rings. The summed E-state index contributed by atoms with van der Waals surface area (Å²) in [5.74, 6) is -0.409. The van der Waals surface area contributed by atoms with Crippen molar-refractivity contribution in [1.29, 1.82) is 0 Å². The molecule has 6 nitrogen and oxygen atoms in total. The van der Waals surface area contributed by atoms with Crippen molar-refractivity contribution in [1.82, 2.24) is 10.3 Å². The lowest BCUT2D eigenvalue weighted by Crippen LogP contribution is -2.41. The molecule has 1 fully saturated rings. The van der Waals surface area contributed by atoms with E-state index in [0.717, 1.165) is 0 Å². The van der Waals surface area contributed by atoms with Crippen molar-refractivity contribution in [3.63, 3.8) is 0 Å². The Kier molecular flexibility index (Phi) is 4.47. The Hall–Kier alpha value is -1.50. The number of nitrogens with one attached hydrogen (secondary N) is 1. The predicted octanol–water partition coefficient (Wildman–Crippen LogP) is 0.109. The molecule has 1 saturated heterocycles. The van der Waals surface area contributed by atoms with Gasteiger partial charge < -0.3 is 19.9 Å². The van der Waals surface area contributed by atoms with Gasteiger partial charge in [0.2, 0.25) is 0 Å². The quantitative estimate of drug-likeness (QED) is 0.736. The first kappa shape index (κ1) is 13.9. The largest absolute Gasteiger partial charge is 0.465 e. The Labute approximate surface area is 111 Å². The third-order valence-corrected chi connectivity index (χ3v) is 3.12. The Bertz CT molecular complexity index is 444. The number of aliphatic hydroxyl groups is 1. The lowest BCUT2D eigenvalue weighted by atomic mass is 10.0. The van der Waals surface area contributed by atoms with E-state index in [2.05, 4.69) is 10.3 Å². The lowest BCUT2D eigenvalue weighted by Gasteiger charge is -2.20. The van der Waals surface area contributed by atoms with Crippen molar-refractivity contribution in [2.45, 2.75) is 18.6 Å². The number of ether oxygens (including phenoxy) is 2. The van der Waals surface area contributed by atoms with Crippen LogP contribution in [-0.2, 0) is 16.0 Å². The highest BCUT2D eigenvalue weighted by Gasteiger charge is 2.31. The minimum absolute atomic E-state index is 0.339. The van der Waals surface area contributed by atoms with Crippen LogP contribution in [0.2, 0.25) is 0 Å². The molecule has 1 aliphatic rings. The van der Waals surface area contributed by atoms with Gasteiger partial charge in [-0.3, -0.25) is 4.98 Å². The van der Waals surface area contributed by atoms with Gasteiger partial charge in [-0.05, 0) is 12.1 Å². The molecule has 1 aliphatic heterocycles. The summed E-state index contributed by atoms with van der Waals surface area (Å²) >= 11 is 0. The smallest absolute Gasteiger partial charge is 0.339 e. The second-order valence-corrected chi connectivity index (χ2v) is 4.62. The molecule has 1 aromatic heterocycles. The van der Waals surface area contributed by atoms with Crippen LogP contribution in [0.4, 0.5) is 0 Å². The molecule has 0 radical (unpaired) electrons. The molecule has 19 heavy (non-hydrogen) atoms. The second-order valence-electron chi connectivity index (χ2n) is 4.62. The van der Waals surface area contributed by atoms with Gasteiger partial charge in [-0.25, -0.2) is 4.79 Å². The van der Waals surface area contributed by atoms with Gasteiger partial charge in [0.25, 0.3) is 0 Å². The van der Waals surface area contributed by atoms with Crippen LogP contribution in [0.15, 0.2) is 18.3 Å². The maximum Gasteiger partial charge on any atom is 0.339 e. The van der Waals surface area contributed by atoms with Gasteiger partial charge in [-0.2, -0.15) is 0 Å². The third-order valence-electron chi connectivity index (χ3n) is 3.12. The second kappa shape index (κ2) is 6.10. The normalized spacial score (nSPS) is 22.4. The van der Waals surface area contributed by atoms with Crippen LogP contribution in [-0.4, -0.2) is 48.5 Å². The average molecular weight is 266 g/mol. The van der Waals surface area contributed by atoms with Gasteiger partial charge in [-0.1, -0.05) is 0 Å². The highest BCUT2D eigenvalue weighted by Crippen LogP contribution is 2.17. The van der Waals surface area contributed by atoms with Crippen molar-refractivity contribution in [3.05, 3.63) is 29.6 Å². The Morgan fingerprint density at radius 3 is 3.21 bits per heavy atom. The molecule has 0 aromatic carbocycles. The number of aromatic nitrogens is 1. The highest BCUT2D eigenvalue weighted by molar-refractivity contribution is 5.90. The molecule has 2 N–H and O–H groups in total. The molecule has 1 atom stereocenters. The zero-order valence-electron chi connectivity index (χ0n) is 10.9. The van der Waals surface area contributed by atoms with Gasteiger partial charge in [0, 0.05) is 32.3 Å². The first-order chi connectivity index (χ1) is 9.14. The van der Waals surface area contributed by atoms with Crippen molar-refractivity contribution in [2.75, 3.05) is 26.9 Å². The monoisotopic (exact) mass is 266 g/mol. The molecule has 0 saturated carbocycles. The summed E-state index contributed by atoms with van der Waals surface area (Å²) in [6.07, 6.45) is 2.24. The minimum atomic E-state index is -0.819. The molecular formula is C13H18N2O4. The number of pyridine rings is 1. The Morgan fingerprint density at radius 2 is 2.53 bits per heavy atom. The van der Waals surface area contributed by atoms with Crippen molar-refractivity contribution in [2.24, 2.45) is 0 Å². The van der Waals surface area contributed by atoms with E-state index < -0.39 is 11.6 Å². The number of carbonyl (C=O) groups is 1. The molecular weight excluding hydrogens is 248 g/mol. The fourth-order valence-electron chi connectivity index (χ4n) is 2.02. The molecule has 2 heterocycles. The number of hydrogen-bond donors (Lipinski definition) is 2. The summed E-state index contributed by atoms with van der Waals surface area (Å²) < 4.78 is 9.86. The zero-order chi connectivity index (χ0) is 13.7. The van der Waals surface area contributed by atoms with Crippen LogP contribution in [0.5, 0.6) is 0 Å². The summed E-state index contributed by atoms with van der Waals surface area (Å²) in [4.78, 5) is 15.7. The third kappa shape index (κ3) is 3.50. The first-order valence-corrected chi connectivity index (χ1v) is 6.18. The maximum absolute atomic E-state index is 11.6. The van der Waals surface area contributed by atoms with Gasteiger partial charge in [-0.15, -0.1) is 0 Å². The maximum atomic E-state index is 11.6. The summed E-state index contributed by atoms with van der Waals surface area (Å²) in [5, 5.41) is 13.2. The van der Waals surface area contributed by atoms with Gasteiger partial charge in [0.15, 0.2) is 0 Å². The summed E-state index contributed by atoms with van der Waals surface area (Å²) in [6.45, 7) is 1.72. The zero-order valence-corrected chi connectivity index (χ0v) is 10.9. The minimum Gasteiger partial charge on any atom is -0.465 e. The number of hydrogen-bond acceptors (Lipinski definition) is 6. The topological polar surface area (TPSA) is 80.7 Å². The van der Waals surface area contributed by atoms with Crippen LogP contribution in [0.3, 0.4) is 0 Å². The highest BCUT2D eigenvalue weighted by atomic mass is 16.5. The van der Waals surface area contributed by atoms with Gasteiger partial charge in [0.05, 0.1) is 25.0 Å². The number of esters is 1. The molecule has 0 bridgehead atoms. The first-order valence-electron chi connectivity index (χ1n) is 6.18. The summed E-state index contributed by atoms with van der Waals surface area (Å²) in [5.41, 5.74) is 0.226. The van der Waals surface area contributed by atoms with Crippen molar-refractivity contribution in [3.8, 4) is 0 Å². The number of rotatable bonds is 5. The molecule has 2 rings (SSSR count). The van der Waals surface area contributed by atoms with Crippen LogP contribution < -0.4 is 5.32 Å². The van der Waals surface area contributed by atoms with Crippen molar-refractivity contribution < 1.29 is 19.4 Å². The molecule has 1 unspecified atom stereocenters. The lowest BCUT2D eigenvalue weighted by molar-refractivity contribution is 0.0268. The SMILES string of the molecule is COC(=O)c1cccnc1CNCC1(O)CCOC1. The van der Waals surface area contributed by atoms with Gasteiger partial charge in [0.1, 0.15) is 5.60 Å². The number of nitrogens with zero attached hydrogens (tertiary/aromatic N) is 1. The van der Waals surface area contributed by atoms with Crippen molar-refractivity contribution >= 4 is 5.97 Å². The summed E-state index contributed by atoms with van der Waals surface area (Å²) in [6, 6.07) is 3.36. The van der Waals surface area contributed by atoms with E-state index in [9.17, 15) is 9.90 Å². The fourth-order valence-corrected chi connectivity index (χ4v) is 2.02. The summed E-state index contributed by atoms with van der Waals surface area (Å²) in [7, 11) is 1.34. The Balaban J connectivity index is 1.94. The Morgan fingerprint density at radius 1 is 1.68 bits per heavy atom. The van der Waals surface area contributed by atoms with E-state index in [-0.39, 0.29) is 0 Å². The molecule has 104 valence electrons. The predicted molar refractivity (Wildman–Crippen MR) is 67.7 cm³/mol. The molecule has 6 heteroatoms. The number of carbonyl (C=O) groups excluding carboxylic acids is 1. The standard InChI is InChI=1S/C13H18N2O4/c1-18-12(16)10-3-2-5-15-11(10)7-14-8-13(17)4-6-19-9-13/h2-3,5,14,17H,4,6-9H2,1H3. The van der Waals surface area contributed by atoms with E-state index in [1.54, 1.807) is 18.3 Å². The molecule has 0 aliphatic carbocycles.